The minimum absolute atomic E-state index is 0.0312. The van der Waals surface area contributed by atoms with Crippen LogP contribution in [0.1, 0.15) is 11.4 Å². The predicted octanol–water partition coefficient (Wildman–Crippen LogP) is 3.45. The largest absolute Gasteiger partial charge is 0.508 e. The third kappa shape index (κ3) is 4.93. The van der Waals surface area contributed by atoms with Crippen molar-refractivity contribution >= 4 is 23.0 Å². The van der Waals surface area contributed by atoms with E-state index in [1.54, 1.807) is 0 Å². The summed E-state index contributed by atoms with van der Waals surface area (Å²) in [4.78, 5) is 33.6. The van der Waals surface area contributed by atoms with Crippen LogP contribution in [0, 0.1) is 34.1 Å². The maximum Gasteiger partial charge on any atom is 0.312 e. The average molecular weight is 427 g/mol. The van der Waals surface area contributed by atoms with Gasteiger partial charge in [0.2, 0.25) is 5.91 Å². The normalized spacial score (nSPS) is 10.5. The molecule has 160 valence electrons. The number of carbonyl (C=O) groups excluding carboxylic acids is 1. The van der Waals surface area contributed by atoms with Gasteiger partial charge in [-0.2, -0.15) is 5.10 Å². The first-order chi connectivity index (χ1) is 14.6. The van der Waals surface area contributed by atoms with E-state index < -0.39 is 15.8 Å². The van der Waals surface area contributed by atoms with E-state index in [1.165, 1.54) is 54.9 Å². The number of nitrogens with zero attached hydrogens (tertiary/aromatic N) is 4. The Balaban J connectivity index is 1.81. The van der Waals surface area contributed by atoms with Crippen LogP contribution in [-0.2, 0) is 11.3 Å². The number of aryl methyl sites for hydroxylation is 1. The predicted molar refractivity (Wildman–Crippen MR) is 108 cm³/mol. The van der Waals surface area contributed by atoms with Crippen molar-refractivity contribution in [3.05, 3.63) is 74.1 Å². The summed E-state index contributed by atoms with van der Waals surface area (Å²) in [6, 6.07) is 9.47. The number of nitrogens with one attached hydrogen (secondary N) is 1. The number of benzene rings is 2. The van der Waals surface area contributed by atoms with Crippen molar-refractivity contribution in [3.8, 4) is 17.2 Å². The Hall–Kier alpha value is -4.48. The van der Waals surface area contributed by atoms with Crippen LogP contribution in [0.5, 0.6) is 17.2 Å². The van der Waals surface area contributed by atoms with Gasteiger partial charge < -0.3 is 15.2 Å². The summed E-state index contributed by atoms with van der Waals surface area (Å²) >= 11 is 0. The Morgan fingerprint density at radius 3 is 2.35 bits per heavy atom. The number of hydrogen-bond donors (Lipinski definition) is 2. The van der Waals surface area contributed by atoms with E-state index in [-0.39, 0.29) is 46.5 Å². The van der Waals surface area contributed by atoms with Gasteiger partial charge in [-0.25, -0.2) is 0 Å². The minimum Gasteiger partial charge on any atom is -0.508 e. The van der Waals surface area contributed by atoms with Crippen LogP contribution in [0.4, 0.5) is 17.1 Å². The molecule has 3 aromatic rings. The summed E-state index contributed by atoms with van der Waals surface area (Å²) in [6.07, 6.45) is 0. The van der Waals surface area contributed by atoms with Crippen LogP contribution in [-0.4, -0.2) is 30.6 Å². The van der Waals surface area contributed by atoms with Gasteiger partial charge in [-0.1, -0.05) is 0 Å². The van der Waals surface area contributed by atoms with Gasteiger partial charge in [0.1, 0.15) is 35.2 Å². The Morgan fingerprint density at radius 2 is 1.77 bits per heavy atom. The fourth-order valence-corrected chi connectivity index (χ4v) is 2.91. The Morgan fingerprint density at radius 1 is 1.10 bits per heavy atom. The minimum atomic E-state index is -0.635. The van der Waals surface area contributed by atoms with E-state index in [4.69, 9.17) is 4.74 Å². The molecule has 0 radical (unpaired) electrons. The zero-order valence-electron chi connectivity index (χ0n) is 16.4. The molecule has 0 saturated heterocycles. The lowest BCUT2D eigenvalue weighted by Crippen LogP contribution is -2.20. The number of ether oxygens (including phenoxy) is 1. The zero-order valence-corrected chi connectivity index (χ0v) is 16.4. The van der Waals surface area contributed by atoms with Gasteiger partial charge in [-0.05, 0) is 38.1 Å². The van der Waals surface area contributed by atoms with Crippen molar-refractivity contribution in [2.45, 2.75) is 20.4 Å². The highest BCUT2D eigenvalue weighted by atomic mass is 16.6. The number of phenols is 1. The molecule has 0 atom stereocenters. The van der Waals surface area contributed by atoms with Gasteiger partial charge in [0.05, 0.1) is 21.6 Å². The summed E-state index contributed by atoms with van der Waals surface area (Å²) in [5.41, 5.74) is 0.00773. The van der Waals surface area contributed by atoms with Gasteiger partial charge in [-0.15, -0.1) is 0 Å². The number of non-ortho nitro benzene ring substituents is 1. The van der Waals surface area contributed by atoms with Crippen LogP contribution in [0.3, 0.4) is 0 Å². The molecule has 12 nitrogen and oxygen atoms in total. The second kappa shape index (κ2) is 8.49. The first kappa shape index (κ1) is 21.2. The fraction of sp³-hybridized carbons (Fsp3) is 0.158. The maximum atomic E-state index is 12.4. The van der Waals surface area contributed by atoms with E-state index in [0.717, 1.165) is 6.07 Å². The topological polar surface area (TPSA) is 163 Å². The maximum absolute atomic E-state index is 12.4. The highest BCUT2D eigenvalue weighted by Gasteiger charge is 2.23. The molecule has 31 heavy (non-hydrogen) atoms. The second-order valence-electron chi connectivity index (χ2n) is 6.55. The van der Waals surface area contributed by atoms with Crippen LogP contribution in [0.25, 0.3) is 0 Å². The van der Waals surface area contributed by atoms with E-state index in [2.05, 4.69) is 10.4 Å². The van der Waals surface area contributed by atoms with Crippen LogP contribution < -0.4 is 10.1 Å². The molecule has 0 saturated carbocycles. The van der Waals surface area contributed by atoms with Gasteiger partial charge in [0.25, 0.3) is 5.69 Å². The number of hydrogen-bond acceptors (Lipinski definition) is 8. The van der Waals surface area contributed by atoms with Crippen molar-refractivity contribution in [1.29, 1.82) is 0 Å². The molecule has 0 aliphatic rings. The number of amides is 1. The number of carbonyl (C=O) groups is 1. The molecule has 3 rings (SSSR count). The quantitative estimate of drug-likeness (QED) is 0.428. The molecule has 1 amide bonds. The average Bonchev–Trinajstić information content (AvgIpc) is 2.96. The smallest absolute Gasteiger partial charge is 0.312 e. The highest BCUT2D eigenvalue weighted by molar-refractivity contribution is 5.91. The number of rotatable bonds is 7. The number of phenolic OH excluding ortho intramolecular Hbond substituents is 1. The van der Waals surface area contributed by atoms with Gasteiger partial charge >= 0.3 is 5.69 Å². The highest BCUT2D eigenvalue weighted by Crippen LogP contribution is 2.30. The van der Waals surface area contributed by atoms with E-state index in [0.29, 0.717) is 5.75 Å². The van der Waals surface area contributed by atoms with Crippen molar-refractivity contribution in [3.63, 3.8) is 0 Å². The van der Waals surface area contributed by atoms with Crippen molar-refractivity contribution in [2.24, 2.45) is 0 Å². The monoisotopic (exact) mass is 427 g/mol. The summed E-state index contributed by atoms with van der Waals surface area (Å²) < 4.78 is 6.76. The van der Waals surface area contributed by atoms with E-state index >= 15 is 0 Å². The molecule has 2 N–H and O–H groups in total. The van der Waals surface area contributed by atoms with Gasteiger partial charge in [0.15, 0.2) is 0 Å². The Labute approximate surface area is 175 Å². The van der Waals surface area contributed by atoms with E-state index in [9.17, 15) is 30.1 Å². The van der Waals surface area contributed by atoms with Gasteiger partial charge in [-0.3, -0.25) is 29.7 Å². The number of aromatic nitrogens is 2. The lowest BCUT2D eigenvalue weighted by Gasteiger charge is -2.10. The summed E-state index contributed by atoms with van der Waals surface area (Å²) in [5.74, 6) is -0.136. The molecule has 0 unspecified atom stereocenters. The molecule has 2 aromatic carbocycles. The molecule has 0 spiro atoms. The number of anilines is 1. The first-order valence-corrected chi connectivity index (χ1v) is 8.88. The molecule has 12 heteroatoms. The lowest BCUT2D eigenvalue weighted by atomic mass is 10.2. The number of nitro groups is 2. The summed E-state index contributed by atoms with van der Waals surface area (Å²) in [6.45, 7) is 2.62. The molecule has 1 heterocycles. The Bertz CT molecular complexity index is 1170. The summed E-state index contributed by atoms with van der Waals surface area (Å²) in [7, 11) is 0. The fourth-order valence-electron chi connectivity index (χ4n) is 2.91. The summed E-state index contributed by atoms with van der Waals surface area (Å²) in [5, 5.41) is 38.2. The molecular formula is C19H17N5O7. The third-order valence-corrected chi connectivity index (χ3v) is 4.28. The second-order valence-corrected chi connectivity index (χ2v) is 6.55. The molecule has 0 aliphatic heterocycles. The van der Waals surface area contributed by atoms with Crippen molar-refractivity contribution in [2.75, 3.05) is 5.32 Å². The van der Waals surface area contributed by atoms with Crippen molar-refractivity contribution in [1.82, 2.24) is 9.78 Å². The van der Waals surface area contributed by atoms with Gasteiger partial charge in [0, 0.05) is 12.1 Å². The van der Waals surface area contributed by atoms with Crippen molar-refractivity contribution < 1.29 is 24.5 Å². The molecule has 0 fully saturated rings. The standard InChI is InChI=1S/C19H17N5O7/c1-11-19(24(29)30)12(2)22(21-11)10-18(26)20-13-7-14(23(27)28)9-17(8-13)31-16-5-3-15(25)4-6-16/h3-9,25H,10H2,1-2H3,(H,20,26). The SMILES string of the molecule is Cc1nn(CC(=O)Nc2cc(Oc3ccc(O)cc3)cc([N+](=O)[O-])c2)c(C)c1[N+](=O)[O-]. The number of nitro benzene ring substituents is 1. The number of aromatic hydroxyl groups is 1. The van der Waals surface area contributed by atoms with Crippen LogP contribution in [0.2, 0.25) is 0 Å². The molecule has 1 aromatic heterocycles. The first-order valence-electron chi connectivity index (χ1n) is 8.88. The molecule has 0 bridgehead atoms. The molecule has 0 aliphatic carbocycles. The van der Waals surface area contributed by atoms with Crippen LogP contribution in [0.15, 0.2) is 42.5 Å². The van der Waals surface area contributed by atoms with Crippen LogP contribution >= 0.6 is 0 Å². The third-order valence-electron chi connectivity index (χ3n) is 4.28. The molecular weight excluding hydrogens is 410 g/mol. The Kier molecular flexibility index (Phi) is 5.81. The lowest BCUT2D eigenvalue weighted by molar-refractivity contribution is -0.386. The van der Waals surface area contributed by atoms with E-state index in [1.807, 2.05) is 0 Å². The zero-order chi connectivity index (χ0) is 22.7.